The van der Waals surface area contributed by atoms with Crippen LogP contribution < -0.4 is 10.0 Å². The van der Waals surface area contributed by atoms with Gasteiger partial charge in [-0.15, -0.1) is 0 Å². The first-order valence-corrected chi connectivity index (χ1v) is 11.7. The third-order valence-corrected chi connectivity index (χ3v) is 7.03. The first-order valence-electron chi connectivity index (χ1n) is 10.1. The van der Waals surface area contributed by atoms with Crippen molar-refractivity contribution in [3.63, 3.8) is 0 Å². The molecule has 0 aromatic heterocycles. The zero-order chi connectivity index (χ0) is 22.1. The largest absolute Gasteiger partial charge is 0.292 e. The number of carbonyl (C=O) groups excluding carboxylic acids is 1. The summed E-state index contributed by atoms with van der Waals surface area (Å²) in [4.78, 5) is 11.5. The average molecular weight is 503 g/mol. The van der Waals surface area contributed by atoms with Crippen molar-refractivity contribution in [1.29, 1.82) is 0 Å². The van der Waals surface area contributed by atoms with Crippen LogP contribution >= 0.6 is 27.7 Å². The molecule has 2 aliphatic heterocycles. The summed E-state index contributed by atoms with van der Waals surface area (Å²) in [7, 11) is 0. The van der Waals surface area contributed by atoms with Gasteiger partial charge in [0.15, 0.2) is 10.8 Å². The molecule has 0 N–H and O–H groups in total. The lowest BCUT2D eigenvalue weighted by Crippen LogP contribution is -2.53. The van der Waals surface area contributed by atoms with E-state index in [1.54, 1.807) is 6.92 Å². The predicted octanol–water partition coefficient (Wildman–Crippen LogP) is 6.04. The number of anilines is 2. The number of hydrazone groups is 2. The molecule has 0 unspecified atom stereocenters. The van der Waals surface area contributed by atoms with Gasteiger partial charge in [-0.1, -0.05) is 64.5 Å². The van der Waals surface area contributed by atoms with E-state index < -0.39 is 4.99 Å². The van der Waals surface area contributed by atoms with Crippen LogP contribution in [0, 0.1) is 0 Å². The van der Waals surface area contributed by atoms with Crippen molar-refractivity contribution in [3.05, 3.63) is 107 Å². The summed E-state index contributed by atoms with van der Waals surface area (Å²) in [5.74, 6) is -0.0723. The highest BCUT2D eigenvalue weighted by molar-refractivity contribution is 9.10. The maximum atomic E-state index is 12.3. The third kappa shape index (κ3) is 3.67. The topological polar surface area (TPSA) is 48.3 Å². The molecule has 158 valence electrons. The Morgan fingerprint density at radius 2 is 1.41 bits per heavy atom. The van der Waals surface area contributed by atoms with Crippen LogP contribution in [-0.2, 0) is 4.79 Å². The number of thioether (sulfide) groups is 1. The number of benzene rings is 3. The Bertz CT molecular complexity index is 1240. The predicted molar refractivity (Wildman–Crippen MR) is 136 cm³/mol. The second kappa shape index (κ2) is 8.41. The van der Waals surface area contributed by atoms with Crippen molar-refractivity contribution in [2.45, 2.75) is 11.9 Å². The number of ketones is 1. The molecule has 1 atom stereocenters. The van der Waals surface area contributed by atoms with E-state index in [0.29, 0.717) is 5.04 Å². The minimum absolute atomic E-state index is 0.0723. The maximum absolute atomic E-state index is 12.3. The maximum Gasteiger partial charge on any atom is 0.227 e. The number of para-hydroxylation sites is 2. The Morgan fingerprint density at radius 3 is 1.97 bits per heavy atom. The molecule has 0 radical (unpaired) electrons. The summed E-state index contributed by atoms with van der Waals surface area (Å²) in [5.41, 5.74) is 3.61. The number of rotatable bonds is 4. The molecule has 3 aromatic rings. The smallest absolute Gasteiger partial charge is 0.227 e. The van der Waals surface area contributed by atoms with Crippen molar-refractivity contribution in [3.8, 4) is 0 Å². The standard InChI is InChI=1S/C25H19BrN4OS/c1-18(31)24-28-30(22-10-6-3-7-11-22)25(32-24)17-16-23(19-12-14-20(26)15-13-19)27-29(25)21-8-4-2-5-9-21/h2-17H,1H3/t25-/m0/s1. The van der Waals surface area contributed by atoms with Gasteiger partial charge in [0, 0.05) is 17.0 Å². The van der Waals surface area contributed by atoms with E-state index in [1.165, 1.54) is 11.8 Å². The van der Waals surface area contributed by atoms with Crippen molar-refractivity contribution in [2.24, 2.45) is 10.2 Å². The Hall–Kier alpha value is -3.16. The van der Waals surface area contributed by atoms with E-state index in [4.69, 9.17) is 10.2 Å². The third-order valence-electron chi connectivity index (χ3n) is 5.15. The molecule has 0 bridgehead atoms. The fraction of sp³-hybridized carbons (Fsp3) is 0.0800. The zero-order valence-electron chi connectivity index (χ0n) is 17.2. The van der Waals surface area contributed by atoms with Crippen molar-refractivity contribution in [2.75, 3.05) is 10.0 Å². The summed E-state index contributed by atoms with van der Waals surface area (Å²) in [6.45, 7) is 1.55. The number of hydrogen-bond acceptors (Lipinski definition) is 6. The lowest BCUT2D eigenvalue weighted by Gasteiger charge is -2.43. The lowest BCUT2D eigenvalue weighted by atomic mass is 10.1. The first kappa shape index (κ1) is 20.7. The lowest BCUT2D eigenvalue weighted by molar-refractivity contribution is -0.110. The van der Waals surface area contributed by atoms with Crippen molar-refractivity contribution >= 4 is 55.6 Å². The summed E-state index contributed by atoms with van der Waals surface area (Å²) >= 11 is 4.89. The second-order valence-electron chi connectivity index (χ2n) is 7.34. The van der Waals surface area contributed by atoms with Crippen molar-refractivity contribution < 1.29 is 4.79 Å². The highest BCUT2D eigenvalue weighted by atomic mass is 79.9. The highest BCUT2D eigenvalue weighted by Crippen LogP contribution is 2.47. The van der Waals surface area contributed by atoms with Crippen LogP contribution in [-0.4, -0.2) is 21.5 Å². The van der Waals surface area contributed by atoms with Gasteiger partial charge in [-0.25, -0.2) is 10.0 Å². The van der Waals surface area contributed by atoms with E-state index in [0.717, 1.165) is 27.1 Å². The molecule has 0 saturated carbocycles. The minimum Gasteiger partial charge on any atom is -0.292 e. The summed E-state index contributed by atoms with van der Waals surface area (Å²) in [5, 5.41) is 14.0. The molecule has 1 spiro atoms. The van der Waals surface area contributed by atoms with E-state index >= 15 is 0 Å². The molecule has 5 rings (SSSR count). The van der Waals surface area contributed by atoms with Gasteiger partial charge < -0.3 is 0 Å². The van der Waals surface area contributed by atoms with Gasteiger partial charge >= 0.3 is 0 Å². The van der Waals surface area contributed by atoms with Crippen molar-refractivity contribution in [1.82, 2.24) is 0 Å². The van der Waals surface area contributed by atoms with Crippen LogP contribution in [0.1, 0.15) is 12.5 Å². The quantitative estimate of drug-likeness (QED) is 0.436. The van der Waals surface area contributed by atoms with Crippen LogP contribution in [0.5, 0.6) is 0 Å². The van der Waals surface area contributed by atoms with Crippen LogP contribution in [0.3, 0.4) is 0 Å². The second-order valence-corrected chi connectivity index (χ2v) is 9.45. The number of halogens is 1. The molecule has 0 aliphatic carbocycles. The summed E-state index contributed by atoms with van der Waals surface area (Å²) < 4.78 is 1.01. The van der Waals surface area contributed by atoms with Gasteiger partial charge in [-0.2, -0.15) is 10.2 Å². The van der Waals surface area contributed by atoms with Crippen LogP contribution in [0.15, 0.2) is 112 Å². The number of Topliss-reactive ketones (excluding diaryl/α,β-unsaturated/α-hetero) is 1. The Kier molecular flexibility index (Phi) is 5.45. The van der Waals surface area contributed by atoms with Crippen LogP contribution in [0.4, 0.5) is 11.4 Å². The molecule has 0 saturated heterocycles. The average Bonchev–Trinajstić information content (AvgIpc) is 3.21. The van der Waals surface area contributed by atoms with Crippen LogP contribution in [0.25, 0.3) is 0 Å². The van der Waals surface area contributed by atoms with E-state index in [1.807, 2.05) is 101 Å². The molecule has 0 amide bonds. The molecular formula is C25H19BrN4OS. The number of hydrogen-bond donors (Lipinski definition) is 0. The zero-order valence-corrected chi connectivity index (χ0v) is 19.6. The van der Waals surface area contributed by atoms with Gasteiger partial charge in [0.05, 0.1) is 17.1 Å². The number of nitrogens with zero attached hydrogens (tertiary/aromatic N) is 4. The molecular weight excluding hydrogens is 484 g/mol. The molecule has 2 heterocycles. The fourth-order valence-corrected chi connectivity index (χ4v) is 5.03. The van der Waals surface area contributed by atoms with E-state index in [9.17, 15) is 4.79 Å². The molecule has 0 fully saturated rings. The minimum atomic E-state index is -0.845. The van der Waals surface area contributed by atoms with Gasteiger partial charge in [0.25, 0.3) is 0 Å². The molecule has 2 aliphatic rings. The van der Waals surface area contributed by atoms with Gasteiger partial charge in [-0.3, -0.25) is 4.79 Å². The SMILES string of the molecule is CC(=O)C1=NN(c2ccccc2)[C@@]2(C=CC(c3ccc(Br)cc3)=NN2c2ccccc2)S1. The first-order chi connectivity index (χ1) is 15.6. The van der Waals surface area contributed by atoms with E-state index in [-0.39, 0.29) is 5.78 Å². The summed E-state index contributed by atoms with van der Waals surface area (Å²) in [6.07, 6.45) is 4.08. The Balaban J connectivity index is 1.67. The summed E-state index contributed by atoms with van der Waals surface area (Å²) in [6, 6.07) is 27.9. The molecule has 7 heteroatoms. The highest BCUT2D eigenvalue weighted by Gasteiger charge is 2.50. The molecule has 5 nitrogen and oxygen atoms in total. The molecule has 32 heavy (non-hydrogen) atoms. The van der Waals surface area contributed by atoms with Gasteiger partial charge in [-0.05, 0) is 60.3 Å². The van der Waals surface area contributed by atoms with Crippen LogP contribution in [0.2, 0.25) is 0 Å². The normalized spacial score (nSPS) is 19.8. The Morgan fingerprint density at radius 1 is 0.844 bits per heavy atom. The number of allylic oxidation sites excluding steroid dienone is 1. The fourth-order valence-electron chi connectivity index (χ4n) is 3.62. The Labute approximate surface area is 199 Å². The number of carbonyl (C=O) groups is 1. The van der Waals surface area contributed by atoms with E-state index in [2.05, 4.69) is 22.0 Å². The monoisotopic (exact) mass is 502 g/mol. The van der Waals surface area contributed by atoms with Gasteiger partial charge in [0.2, 0.25) is 4.99 Å². The van der Waals surface area contributed by atoms with Gasteiger partial charge in [0.1, 0.15) is 0 Å². The molecule has 3 aromatic carbocycles.